The van der Waals surface area contributed by atoms with Gasteiger partial charge in [0.1, 0.15) is 5.41 Å². The summed E-state index contributed by atoms with van der Waals surface area (Å²) in [6.45, 7) is 2.52. The number of hydrogen-bond acceptors (Lipinski definition) is 3. The number of nitrogens with zero attached hydrogens (tertiary/aromatic N) is 1. The van der Waals surface area contributed by atoms with E-state index >= 15 is 0 Å². The van der Waals surface area contributed by atoms with Gasteiger partial charge in [0, 0.05) is 19.0 Å². The highest BCUT2D eigenvalue weighted by Crippen LogP contribution is 2.45. The predicted molar refractivity (Wildman–Crippen MR) is 60.6 cm³/mol. The topological polar surface area (TPSA) is 82.0 Å². The van der Waals surface area contributed by atoms with Gasteiger partial charge in [-0.05, 0) is 25.2 Å². The molecule has 1 saturated heterocycles. The summed E-state index contributed by atoms with van der Waals surface area (Å²) in [4.78, 5) is 23.0. The van der Waals surface area contributed by atoms with Crippen molar-refractivity contribution in [2.75, 3.05) is 6.54 Å². The van der Waals surface area contributed by atoms with Crippen LogP contribution in [0, 0.1) is 22.7 Å². The summed E-state index contributed by atoms with van der Waals surface area (Å²) in [6.07, 6.45) is 2.40. The standard InChI is InChI=1S/C12H17N3O2/c1-8-4-12(5-8,7-13)11(17)15-9-2-3-10(16)14-6-9/h8-9H,2-6H2,1H3,(H,14,16)(H,15,17). The van der Waals surface area contributed by atoms with Crippen molar-refractivity contribution in [2.45, 2.75) is 38.6 Å². The lowest BCUT2D eigenvalue weighted by Crippen LogP contribution is -2.54. The number of carbonyl (C=O) groups excluding carboxylic acids is 2. The molecule has 1 heterocycles. The molecule has 2 aliphatic rings. The van der Waals surface area contributed by atoms with E-state index in [2.05, 4.69) is 16.7 Å². The maximum absolute atomic E-state index is 12.0. The van der Waals surface area contributed by atoms with Crippen LogP contribution in [-0.2, 0) is 9.59 Å². The van der Waals surface area contributed by atoms with Gasteiger partial charge < -0.3 is 10.6 Å². The van der Waals surface area contributed by atoms with Crippen LogP contribution in [-0.4, -0.2) is 24.4 Å². The van der Waals surface area contributed by atoms with Crippen molar-refractivity contribution in [3.8, 4) is 6.07 Å². The van der Waals surface area contributed by atoms with E-state index in [0.29, 0.717) is 38.1 Å². The van der Waals surface area contributed by atoms with Gasteiger partial charge >= 0.3 is 0 Å². The van der Waals surface area contributed by atoms with Crippen molar-refractivity contribution in [3.05, 3.63) is 0 Å². The van der Waals surface area contributed by atoms with Crippen LogP contribution in [0.15, 0.2) is 0 Å². The number of amides is 2. The van der Waals surface area contributed by atoms with E-state index in [1.165, 1.54) is 0 Å². The molecule has 2 N–H and O–H groups in total. The lowest BCUT2D eigenvalue weighted by molar-refractivity contribution is -0.135. The molecule has 5 heteroatoms. The number of carbonyl (C=O) groups is 2. The second kappa shape index (κ2) is 4.36. The van der Waals surface area contributed by atoms with Gasteiger partial charge in [-0.25, -0.2) is 0 Å². The van der Waals surface area contributed by atoms with Gasteiger partial charge in [-0.3, -0.25) is 9.59 Å². The molecule has 1 aliphatic heterocycles. The molecule has 0 radical (unpaired) electrons. The number of nitrogens with one attached hydrogen (secondary N) is 2. The molecule has 2 amide bonds. The molecule has 0 aromatic heterocycles. The molecule has 1 atom stereocenters. The van der Waals surface area contributed by atoms with Gasteiger partial charge in [0.25, 0.3) is 0 Å². The largest absolute Gasteiger partial charge is 0.354 e. The second-order valence-electron chi connectivity index (χ2n) is 5.22. The third kappa shape index (κ3) is 2.26. The van der Waals surface area contributed by atoms with Crippen molar-refractivity contribution < 1.29 is 9.59 Å². The van der Waals surface area contributed by atoms with Gasteiger partial charge in [0.2, 0.25) is 11.8 Å². The zero-order valence-corrected chi connectivity index (χ0v) is 9.95. The minimum absolute atomic E-state index is 0.0265. The van der Waals surface area contributed by atoms with Gasteiger partial charge in [0.15, 0.2) is 0 Å². The van der Waals surface area contributed by atoms with Crippen LogP contribution in [0.5, 0.6) is 0 Å². The molecule has 0 bridgehead atoms. The van der Waals surface area contributed by atoms with Gasteiger partial charge in [-0.1, -0.05) is 6.92 Å². The van der Waals surface area contributed by atoms with E-state index in [0.717, 1.165) is 0 Å². The maximum atomic E-state index is 12.0. The SMILES string of the molecule is CC1CC(C#N)(C(=O)NC2CCC(=O)NC2)C1. The highest BCUT2D eigenvalue weighted by Gasteiger charge is 2.49. The average molecular weight is 235 g/mol. The first-order chi connectivity index (χ1) is 8.05. The first kappa shape index (κ1) is 11.9. The van der Waals surface area contributed by atoms with E-state index in [9.17, 15) is 9.59 Å². The smallest absolute Gasteiger partial charge is 0.240 e. The number of piperidine rings is 1. The molecule has 2 fully saturated rings. The fraction of sp³-hybridized carbons (Fsp3) is 0.750. The van der Waals surface area contributed by atoms with Crippen LogP contribution >= 0.6 is 0 Å². The minimum Gasteiger partial charge on any atom is -0.354 e. The number of nitriles is 1. The van der Waals surface area contributed by atoms with Crippen LogP contribution in [0.3, 0.4) is 0 Å². The Bertz CT molecular complexity index is 370. The van der Waals surface area contributed by atoms with Crippen molar-refractivity contribution in [3.63, 3.8) is 0 Å². The molecule has 92 valence electrons. The van der Waals surface area contributed by atoms with Gasteiger partial charge in [0.05, 0.1) is 6.07 Å². The minimum atomic E-state index is -0.819. The molecule has 0 aromatic rings. The molecule has 1 unspecified atom stereocenters. The second-order valence-corrected chi connectivity index (χ2v) is 5.22. The number of rotatable bonds is 2. The highest BCUT2D eigenvalue weighted by molar-refractivity contribution is 5.87. The molecule has 0 spiro atoms. The van der Waals surface area contributed by atoms with E-state index < -0.39 is 5.41 Å². The van der Waals surface area contributed by atoms with Gasteiger partial charge in [-0.15, -0.1) is 0 Å². The normalized spacial score (nSPS) is 36.4. The zero-order chi connectivity index (χ0) is 12.5. The van der Waals surface area contributed by atoms with E-state index in [1.54, 1.807) is 0 Å². The van der Waals surface area contributed by atoms with Crippen molar-refractivity contribution >= 4 is 11.8 Å². The number of hydrogen-bond donors (Lipinski definition) is 2. The summed E-state index contributed by atoms with van der Waals surface area (Å²) in [5.74, 6) is 0.313. The first-order valence-electron chi connectivity index (χ1n) is 6.05. The lowest BCUT2D eigenvalue weighted by Gasteiger charge is -2.40. The van der Waals surface area contributed by atoms with E-state index in [4.69, 9.17) is 5.26 Å². The van der Waals surface area contributed by atoms with Crippen LogP contribution in [0.1, 0.15) is 32.6 Å². The van der Waals surface area contributed by atoms with Gasteiger partial charge in [-0.2, -0.15) is 5.26 Å². The molecule has 2 rings (SSSR count). The summed E-state index contributed by atoms with van der Waals surface area (Å²) in [5, 5.41) is 14.7. The van der Waals surface area contributed by atoms with Crippen LogP contribution in [0.25, 0.3) is 0 Å². The summed E-state index contributed by atoms with van der Waals surface area (Å²) in [5.41, 5.74) is -0.819. The van der Waals surface area contributed by atoms with Crippen LogP contribution in [0.4, 0.5) is 0 Å². The fourth-order valence-corrected chi connectivity index (χ4v) is 2.64. The molecule has 1 aliphatic carbocycles. The third-order valence-electron chi connectivity index (χ3n) is 3.64. The molecule has 5 nitrogen and oxygen atoms in total. The summed E-state index contributed by atoms with van der Waals surface area (Å²) >= 11 is 0. The Labute approximate surface area is 101 Å². The summed E-state index contributed by atoms with van der Waals surface area (Å²) in [6, 6.07) is 2.12. The molecule has 1 saturated carbocycles. The Morgan fingerprint density at radius 2 is 2.29 bits per heavy atom. The van der Waals surface area contributed by atoms with Crippen LogP contribution < -0.4 is 10.6 Å². The summed E-state index contributed by atoms with van der Waals surface area (Å²) < 4.78 is 0. The maximum Gasteiger partial charge on any atom is 0.240 e. The Morgan fingerprint density at radius 3 is 2.76 bits per heavy atom. The molecular weight excluding hydrogens is 218 g/mol. The Balaban J connectivity index is 1.89. The van der Waals surface area contributed by atoms with Crippen molar-refractivity contribution in [1.82, 2.24) is 10.6 Å². The lowest BCUT2D eigenvalue weighted by atomic mass is 9.63. The third-order valence-corrected chi connectivity index (χ3v) is 3.64. The Morgan fingerprint density at radius 1 is 1.59 bits per heavy atom. The van der Waals surface area contributed by atoms with Crippen molar-refractivity contribution in [1.29, 1.82) is 5.26 Å². The monoisotopic (exact) mass is 235 g/mol. The quantitative estimate of drug-likeness (QED) is 0.723. The molecule has 17 heavy (non-hydrogen) atoms. The predicted octanol–water partition coefficient (Wildman–Crippen LogP) is 0.321. The first-order valence-corrected chi connectivity index (χ1v) is 6.05. The van der Waals surface area contributed by atoms with E-state index in [1.807, 2.05) is 6.92 Å². The summed E-state index contributed by atoms with van der Waals surface area (Å²) in [7, 11) is 0. The molecular formula is C12H17N3O2. The van der Waals surface area contributed by atoms with E-state index in [-0.39, 0.29) is 17.9 Å². The zero-order valence-electron chi connectivity index (χ0n) is 9.95. The fourth-order valence-electron chi connectivity index (χ4n) is 2.64. The van der Waals surface area contributed by atoms with Crippen molar-refractivity contribution in [2.24, 2.45) is 11.3 Å². The highest BCUT2D eigenvalue weighted by atomic mass is 16.2. The molecule has 0 aromatic carbocycles. The average Bonchev–Trinajstić information content (AvgIpc) is 2.27. The Hall–Kier alpha value is -1.57. The van der Waals surface area contributed by atoms with Crippen LogP contribution in [0.2, 0.25) is 0 Å². The Kier molecular flexibility index (Phi) is 3.05.